The van der Waals surface area contributed by atoms with E-state index in [0.29, 0.717) is 12.4 Å². The molecule has 1 amide bonds. The predicted octanol–water partition coefficient (Wildman–Crippen LogP) is 3.80. The standard InChI is InChI=1S/C14H18ClF2NO/c1-10-8-11(13(17)9-12(10)16)14(19)18-7-5-3-2-4-6-15/h8-9H,2-7H2,1H3,(H,18,19). The Morgan fingerprint density at radius 3 is 2.53 bits per heavy atom. The Morgan fingerprint density at radius 2 is 1.84 bits per heavy atom. The van der Waals surface area contributed by atoms with Crippen LogP contribution in [0.2, 0.25) is 0 Å². The Hall–Kier alpha value is -1.16. The first-order chi connectivity index (χ1) is 9.06. The third-order valence-electron chi connectivity index (χ3n) is 2.84. The van der Waals surface area contributed by atoms with Crippen LogP contribution in [0.1, 0.15) is 41.6 Å². The lowest BCUT2D eigenvalue weighted by atomic mass is 10.1. The van der Waals surface area contributed by atoms with Crippen molar-refractivity contribution in [2.45, 2.75) is 32.6 Å². The van der Waals surface area contributed by atoms with E-state index in [-0.39, 0.29) is 11.1 Å². The molecule has 2 nitrogen and oxygen atoms in total. The highest BCUT2D eigenvalue weighted by atomic mass is 35.5. The van der Waals surface area contributed by atoms with E-state index < -0.39 is 17.5 Å². The lowest BCUT2D eigenvalue weighted by molar-refractivity contribution is 0.0948. The largest absolute Gasteiger partial charge is 0.352 e. The maximum atomic E-state index is 13.4. The van der Waals surface area contributed by atoms with Crippen molar-refractivity contribution in [3.05, 3.63) is 34.9 Å². The van der Waals surface area contributed by atoms with E-state index in [0.717, 1.165) is 31.7 Å². The Morgan fingerprint density at radius 1 is 1.16 bits per heavy atom. The van der Waals surface area contributed by atoms with Crippen molar-refractivity contribution in [2.24, 2.45) is 0 Å². The van der Waals surface area contributed by atoms with Gasteiger partial charge in [-0.15, -0.1) is 11.6 Å². The summed E-state index contributed by atoms with van der Waals surface area (Å²) in [4.78, 5) is 11.7. The zero-order valence-electron chi connectivity index (χ0n) is 10.9. The van der Waals surface area contributed by atoms with Gasteiger partial charge in [-0.1, -0.05) is 12.8 Å². The number of unbranched alkanes of at least 4 members (excludes halogenated alkanes) is 3. The predicted molar refractivity (Wildman–Crippen MR) is 72.6 cm³/mol. The minimum Gasteiger partial charge on any atom is -0.352 e. The summed E-state index contributed by atoms with van der Waals surface area (Å²) >= 11 is 5.55. The van der Waals surface area contributed by atoms with Gasteiger partial charge in [0.15, 0.2) is 0 Å². The third kappa shape index (κ3) is 5.15. The average Bonchev–Trinajstić information content (AvgIpc) is 2.37. The molecule has 0 fully saturated rings. The van der Waals surface area contributed by atoms with Crippen molar-refractivity contribution < 1.29 is 13.6 Å². The van der Waals surface area contributed by atoms with Crippen molar-refractivity contribution in [1.29, 1.82) is 0 Å². The monoisotopic (exact) mass is 289 g/mol. The molecule has 1 rings (SSSR count). The van der Waals surface area contributed by atoms with Crippen LogP contribution in [0.5, 0.6) is 0 Å². The molecule has 0 spiro atoms. The Bertz CT molecular complexity index is 438. The van der Waals surface area contributed by atoms with Gasteiger partial charge in [0.25, 0.3) is 5.91 Å². The molecule has 1 aromatic carbocycles. The summed E-state index contributed by atoms with van der Waals surface area (Å²) in [5, 5.41) is 2.63. The van der Waals surface area contributed by atoms with Crippen LogP contribution in [0.3, 0.4) is 0 Å². The fourth-order valence-electron chi connectivity index (χ4n) is 1.70. The third-order valence-corrected chi connectivity index (χ3v) is 3.11. The van der Waals surface area contributed by atoms with Crippen molar-refractivity contribution in [3.63, 3.8) is 0 Å². The number of hydrogen-bond donors (Lipinski definition) is 1. The van der Waals surface area contributed by atoms with Gasteiger partial charge < -0.3 is 5.32 Å². The lowest BCUT2D eigenvalue weighted by Crippen LogP contribution is -2.25. The maximum Gasteiger partial charge on any atom is 0.254 e. The van der Waals surface area contributed by atoms with Crippen molar-refractivity contribution in [3.8, 4) is 0 Å². The van der Waals surface area contributed by atoms with E-state index in [1.807, 2.05) is 0 Å². The van der Waals surface area contributed by atoms with Crippen molar-refractivity contribution in [2.75, 3.05) is 12.4 Å². The number of rotatable bonds is 7. The van der Waals surface area contributed by atoms with Gasteiger partial charge in [-0.25, -0.2) is 8.78 Å². The number of carbonyl (C=O) groups is 1. The highest BCUT2D eigenvalue weighted by Crippen LogP contribution is 2.14. The summed E-state index contributed by atoms with van der Waals surface area (Å²) in [6, 6.07) is 1.97. The van der Waals surface area contributed by atoms with Crippen LogP contribution in [-0.2, 0) is 0 Å². The zero-order chi connectivity index (χ0) is 14.3. The van der Waals surface area contributed by atoms with Crippen LogP contribution in [0.15, 0.2) is 12.1 Å². The molecular weight excluding hydrogens is 272 g/mol. The molecule has 1 aromatic rings. The first kappa shape index (κ1) is 15.9. The number of nitrogens with one attached hydrogen (secondary N) is 1. The van der Waals surface area contributed by atoms with Crippen molar-refractivity contribution in [1.82, 2.24) is 5.32 Å². The van der Waals surface area contributed by atoms with E-state index in [1.165, 1.54) is 13.0 Å². The first-order valence-electron chi connectivity index (χ1n) is 6.36. The number of amides is 1. The second-order valence-corrected chi connectivity index (χ2v) is 4.82. The SMILES string of the molecule is Cc1cc(C(=O)NCCCCCCCl)c(F)cc1F. The lowest BCUT2D eigenvalue weighted by Gasteiger charge is -2.07. The second kappa shape index (κ2) is 8.10. The topological polar surface area (TPSA) is 29.1 Å². The molecule has 106 valence electrons. The summed E-state index contributed by atoms with van der Waals surface area (Å²) in [6.45, 7) is 1.98. The Labute approximate surface area is 117 Å². The number of alkyl halides is 1. The maximum absolute atomic E-state index is 13.4. The van der Waals surface area contributed by atoms with Crippen LogP contribution in [-0.4, -0.2) is 18.3 Å². The number of aryl methyl sites for hydroxylation is 1. The summed E-state index contributed by atoms with van der Waals surface area (Å²) < 4.78 is 26.5. The molecule has 0 aliphatic carbocycles. The summed E-state index contributed by atoms with van der Waals surface area (Å²) in [5.74, 6) is -1.33. The molecule has 0 unspecified atom stereocenters. The number of hydrogen-bond acceptors (Lipinski definition) is 1. The van der Waals surface area contributed by atoms with E-state index in [4.69, 9.17) is 11.6 Å². The first-order valence-corrected chi connectivity index (χ1v) is 6.89. The molecule has 0 saturated carbocycles. The fraction of sp³-hybridized carbons (Fsp3) is 0.500. The van der Waals surface area contributed by atoms with E-state index in [1.54, 1.807) is 0 Å². The molecule has 0 aliphatic heterocycles. The molecule has 0 aliphatic rings. The number of halogens is 3. The molecule has 0 saturated heterocycles. The van der Waals surface area contributed by atoms with Crippen LogP contribution in [0.4, 0.5) is 8.78 Å². The second-order valence-electron chi connectivity index (χ2n) is 4.44. The van der Waals surface area contributed by atoms with Gasteiger partial charge in [-0.3, -0.25) is 4.79 Å². The van der Waals surface area contributed by atoms with Gasteiger partial charge in [-0.2, -0.15) is 0 Å². The number of carbonyl (C=O) groups excluding carboxylic acids is 1. The normalized spacial score (nSPS) is 10.5. The molecule has 5 heteroatoms. The smallest absolute Gasteiger partial charge is 0.254 e. The molecule has 1 N–H and O–H groups in total. The summed E-state index contributed by atoms with van der Waals surface area (Å²) in [6.07, 6.45) is 3.77. The minimum absolute atomic E-state index is 0.111. The Balaban J connectivity index is 2.43. The quantitative estimate of drug-likeness (QED) is 0.600. The molecular formula is C14H18ClF2NO. The molecule has 0 heterocycles. The van der Waals surface area contributed by atoms with Crippen molar-refractivity contribution >= 4 is 17.5 Å². The van der Waals surface area contributed by atoms with Gasteiger partial charge in [0.2, 0.25) is 0 Å². The highest BCUT2D eigenvalue weighted by Gasteiger charge is 2.13. The van der Waals surface area contributed by atoms with E-state index in [9.17, 15) is 13.6 Å². The van der Waals surface area contributed by atoms with E-state index in [2.05, 4.69) is 5.32 Å². The average molecular weight is 290 g/mol. The minimum atomic E-state index is -0.831. The van der Waals surface area contributed by atoms with Gasteiger partial charge in [0.1, 0.15) is 11.6 Å². The molecule has 19 heavy (non-hydrogen) atoms. The molecule has 0 bridgehead atoms. The van der Waals surface area contributed by atoms with Gasteiger partial charge >= 0.3 is 0 Å². The fourth-order valence-corrected chi connectivity index (χ4v) is 1.89. The zero-order valence-corrected chi connectivity index (χ0v) is 11.7. The summed E-state index contributed by atoms with van der Waals surface area (Å²) in [7, 11) is 0. The highest BCUT2D eigenvalue weighted by molar-refractivity contribution is 6.17. The van der Waals surface area contributed by atoms with Gasteiger partial charge in [0, 0.05) is 18.5 Å². The van der Waals surface area contributed by atoms with E-state index >= 15 is 0 Å². The van der Waals surface area contributed by atoms with Crippen LogP contribution in [0.25, 0.3) is 0 Å². The molecule has 0 atom stereocenters. The van der Waals surface area contributed by atoms with Crippen LogP contribution in [0, 0.1) is 18.6 Å². The van der Waals surface area contributed by atoms with Crippen LogP contribution >= 0.6 is 11.6 Å². The van der Waals surface area contributed by atoms with Crippen LogP contribution < -0.4 is 5.32 Å². The van der Waals surface area contributed by atoms with Gasteiger partial charge in [-0.05, 0) is 31.4 Å². The molecule has 0 aromatic heterocycles. The Kier molecular flexibility index (Phi) is 6.78. The molecule has 0 radical (unpaired) electrons. The summed E-state index contributed by atoms with van der Waals surface area (Å²) in [5.41, 5.74) is 0.147. The number of benzene rings is 1. The van der Waals surface area contributed by atoms with Gasteiger partial charge in [0.05, 0.1) is 5.56 Å².